The van der Waals surface area contributed by atoms with Gasteiger partial charge in [0.1, 0.15) is 0 Å². The van der Waals surface area contributed by atoms with Crippen LogP contribution in [-0.2, 0) is 12.7 Å². The van der Waals surface area contributed by atoms with Crippen LogP contribution in [0.4, 0.5) is 13.2 Å². The van der Waals surface area contributed by atoms with Gasteiger partial charge in [0.25, 0.3) is 5.91 Å². The number of halogens is 5. The number of carbonyl (C=O) groups is 1. The number of carbonyl (C=O) groups excluding carboxylic acids is 1. The van der Waals surface area contributed by atoms with Crippen LogP contribution >= 0.6 is 23.2 Å². The van der Waals surface area contributed by atoms with Crippen molar-refractivity contribution in [2.45, 2.75) is 12.7 Å². The molecule has 1 aromatic heterocycles. The number of benzene rings is 3. The molecule has 0 bridgehead atoms. The molecule has 4 N–H and O–H groups in total. The summed E-state index contributed by atoms with van der Waals surface area (Å²) < 4.78 is 41.0. The molecule has 1 aliphatic rings. The fourth-order valence-corrected chi connectivity index (χ4v) is 4.34. The van der Waals surface area contributed by atoms with Gasteiger partial charge >= 0.3 is 6.18 Å². The van der Waals surface area contributed by atoms with Gasteiger partial charge in [0.05, 0.1) is 23.5 Å². The number of guanidine groups is 1. The van der Waals surface area contributed by atoms with Crippen molar-refractivity contribution in [1.29, 1.82) is 0 Å². The highest BCUT2D eigenvalue weighted by atomic mass is 35.5. The van der Waals surface area contributed by atoms with Crippen molar-refractivity contribution in [2.75, 3.05) is 0 Å². The van der Waals surface area contributed by atoms with Crippen LogP contribution in [0.2, 0.25) is 10.0 Å². The SMILES string of the molecule is O=C(NC1=NNNN1)c1ccc(Cn2nc(-c3cc(Cl)cc(Cl)c3)cc2-c2ccc(C(F)(F)F)cc2)cc1. The van der Waals surface area contributed by atoms with Crippen LogP contribution < -0.4 is 21.8 Å². The first-order valence-electron chi connectivity index (χ1n) is 11.1. The number of alkyl halides is 3. The number of hydrogen-bond acceptors (Lipinski definition) is 6. The number of hydrazone groups is 1. The maximum absolute atomic E-state index is 13.1. The van der Waals surface area contributed by atoms with E-state index in [1.165, 1.54) is 12.1 Å². The first-order valence-corrected chi connectivity index (χ1v) is 11.9. The van der Waals surface area contributed by atoms with E-state index in [-0.39, 0.29) is 18.4 Å². The molecule has 0 saturated carbocycles. The van der Waals surface area contributed by atoms with Crippen molar-refractivity contribution in [1.82, 2.24) is 31.6 Å². The van der Waals surface area contributed by atoms with Gasteiger partial charge in [-0.3, -0.25) is 20.2 Å². The molecule has 8 nitrogen and oxygen atoms in total. The Balaban J connectivity index is 1.46. The third-order valence-corrected chi connectivity index (χ3v) is 6.07. The zero-order valence-electron chi connectivity index (χ0n) is 19.3. The molecule has 3 aromatic carbocycles. The topological polar surface area (TPSA) is 95.4 Å². The number of nitrogens with one attached hydrogen (secondary N) is 4. The minimum absolute atomic E-state index is 0.227. The van der Waals surface area contributed by atoms with Crippen LogP contribution in [0.1, 0.15) is 21.5 Å². The van der Waals surface area contributed by atoms with E-state index in [4.69, 9.17) is 28.3 Å². The number of aromatic nitrogens is 2. The zero-order valence-corrected chi connectivity index (χ0v) is 20.8. The molecule has 4 aromatic rings. The van der Waals surface area contributed by atoms with E-state index in [0.717, 1.165) is 17.7 Å². The van der Waals surface area contributed by atoms with E-state index < -0.39 is 11.7 Å². The summed E-state index contributed by atoms with van der Waals surface area (Å²) in [5.74, 6) is -0.136. The number of rotatable bonds is 5. The zero-order chi connectivity index (χ0) is 26.9. The van der Waals surface area contributed by atoms with Gasteiger partial charge < -0.3 is 0 Å². The largest absolute Gasteiger partial charge is 0.416 e. The highest BCUT2D eigenvalue weighted by molar-refractivity contribution is 6.35. The average Bonchev–Trinajstić information content (AvgIpc) is 3.54. The van der Waals surface area contributed by atoms with Crippen molar-refractivity contribution in [3.63, 3.8) is 0 Å². The van der Waals surface area contributed by atoms with E-state index in [0.29, 0.717) is 38.1 Å². The molecule has 2 heterocycles. The second kappa shape index (κ2) is 10.4. The summed E-state index contributed by atoms with van der Waals surface area (Å²) in [6.45, 7) is 0.286. The molecule has 1 aliphatic heterocycles. The van der Waals surface area contributed by atoms with E-state index in [1.54, 1.807) is 53.2 Å². The fourth-order valence-electron chi connectivity index (χ4n) is 3.81. The summed E-state index contributed by atoms with van der Waals surface area (Å²) in [6, 6.07) is 18.5. The Kier molecular flexibility index (Phi) is 6.98. The lowest BCUT2D eigenvalue weighted by molar-refractivity contribution is -0.137. The monoisotopic (exact) mass is 559 g/mol. The average molecular weight is 560 g/mol. The maximum atomic E-state index is 13.1. The Hall–Kier alpha value is -4.06. The van der Waals surface area contributed by atoms with Gasteiger partial charge in [0.15, 0.2) is 0 Å². The van der Waals surface area contributed by atoms with Gasteiger partial charge in [0, 0.05) is 21.2 Å². The second-order valence-electron chi connectivity index (χ2n) is 8.28. The van der Waals surface area contributed by atoms with Crippen molar-refractivity contribution in [3.8, 4) is 22.5 Å². The first kappa shape index (κ1) is 25.6. The lowest BCUT2D eigenvalue weighted by Crippen LogP contribution is -2.43. The van der Waals surface area contributed by atoms with E-state index in [1.807, 2.05) is 0 Å². The second-order valence-corrected chi connectivity index (χ2v) is 9.15. The lowest BCUT2D eigenvalue weighted by Gasteiger charge is -2.10. The third-order valence-electron chi connectivity index (χ3n) is 5.63. The molecule has 0 aliphatic carbocycles. The summed E-state index contributed by atoms with van der Waals surface area (Å²) in [5, 5.41) is 11.9. The summed E-state index contributed by atoms with van der Waals surface area (Å²) >= 11 is 12.3. The summed E-state index contributed by atoms with van der Waals surface area (Å²) in [7, 11) is 0. The minimum Gasteiger partial charge on any atom is -0.290 e. The van der Waals surface area contributed by atoms with E-state index in [2.05, 4.69) is 26.9 Å². The molecule has 38 heavy (non-hydrogen) atoms. The number of nitrogens with zero attached hydrogens (tertiary/aromatic N) is 3. The van der Waals surface area contributed by atoms with Crippen LogP contribution in [0.5, 0.6) is 0 Å². The van der Waals surface area contributed by atoms with Crippen LogP contribution in [0.25, 0.3) is 22.5 Å². The highest BCUT2D eigenvalue weighted by Crippen LogP contribution is 2.33. The molecular formula is C25H18Cl2F3N7O. The Morgan fingerprint density at radius 3 is 2.21 bits per heavy atom. The molecule has 0 saturated heterocycles. The van der Waals surface area contributed by atoms with Gasteiger partial charge in [-0.25, -0.2) is 5.53 Å². The molecule has 194 valence electrons. The van der Waals surface area contributed by atoms with Gasteiger partial charge in [0.2, 0.25) is 5.96 Å². The number of hydrazine groups is 2. The fraction of sp³-hybridized carbons (Fsp3) is 0.0800. The van der Waals surface area contributed by atoms with Gasteiger partial charge in [-0.05, 0) is 59.7 Å². The minimum atomic E-state index is -4.44. The smallest absolute Gasteiger partial charge is 0.290 e. The molecule has 13 heteroatoms. The molecule has 0 spiro atoms. The number of amides is 1. The van der Waals surface area contributed by atoms with Gasteiger partial charge in [-0.15, -0.1) is 10.6 Å². The summed E-state index contributed by atoms with van der Waals surface area (Å²) in [6.07, 6.45) is -4.44. The molecule has 0 radical (unpaired) electrons. The molecular weight excluding hydrogens is 542 g/mol. The predicted octanol–water partition coefficient (Wildman–Crippen LogP) is 5.20. The van der Waals surface area contributed by atoms with Crippen LogP contribution in [0.15, 0.2) is 77.9 Å². The van der Waals surface area contributed by atoms with Crippen molar-refractivity contribution < 1.29 is 18.0 Å². The van der Waals surface area contributed by atoms with E-state index in [9.17, 15) is 18.0 Å². The molecule has 1 amide bonds. The van der Waals surface area contributed by atoms with Crippen molar-refractivity contribution in [2.24, 2.45) is 5.10 Å². The van der Waals surface area contributed by atoms with Gasteiger partial charge in [-0.2, -0.15) is 18.3 Å². The Morgan fingerprint density at radius 2 is 1.61 bits per heavy atom. The van der Waals surface area contributed by atoms with Crippen LogP contribution in [0.3, 0.4) is 0 Å². The lowest BCUT2D eigenvalue weighted by atomic mass is 10.1. The van der Waals surface area contributed by atoms with Crippen LogP contribution in [-0.4, -0.2) is 21.6 Å². The van der Waals surface area contributed by atoms with E-state index >= 15 is 0 Å². The molecule has 5 rings (SSSR count). The first-order chi connectivity index (χ1) is 18.2. The Labute approximate surface area is 224 Å². The third kappa shape index (κ3) is 5.75. The number of hydrogen-bond donors (Lipinski definition) is 4. The molecule has 0 unspecified atom stereocenters. The maximum Gasteiger partial charge on any atom is 0.416 e. The molecule has 0 atom stereocenters. The van der Waals surface area contributed by atoms with Crippen molar-refractivity contribution >= 4 is 35.1 Å². The Morgan fingerprint density at radius 1 is 0.921 bits per heavy atom. The van der Waals surface area contributed by atoms with Crippen molar-refractivity contribution in [3.05, 3.63) is 99.5 Å². The summed E-state index contributed by atoms with van der Waals surface area (Å²) in [5.41, 5.74) is 10.4. The quantitative estimate of drug-likeness (QED) is 0.269. The Bertz CT molecular complexity index is 1500. The highest BCUT2D eigenvalue weighted by Gasteiger charge is 2.30. The molecule has 0 fully saturated rings. The normalized spacial score (nSPS) is 13.0. The van der Waals surface area contributed by atoms with Crippen LogP contribution in [0, 0.1) is 0 Å². The summed E-state index contributed by atoms with van der Waals surface area (Å²) in [4.78, 5) is 12.4. The predicted molar refractivity (Wildman–Crippen MR) is 138 cm³/mol. The standard InChI is InChI=1S/C25H18Cl2F3N7O/c26-19-9-17(10-20(27)11-19)21-12-22(15-5-7-18(8-6-15)25(28,29)30)37(34-21)13-14-1-3-16(4-2-14)23(38)31-24-32-35-36-33-24/h1-12,35-36H,13H2,(H2,31,32,33,38). The van der Waals surface area contributed by atoms with Gasteiger partial charge in [-0.1, -0.05) is 47.5 Å².